The number of carbonyl (C=O) groups excluding carboxylic acids is 1. The van der Waals surface area contributed by atoms with Crippen LogP contribution in [0.3, 0.4) is 0 Å². The molecule has 8 heavy (non-hydrogen) atoms. The second-order valence-electron chi connectivity index (χ2n) is 1.70. The Bertz CT molecular complexity index is 114. The van der Waals surface area contributed by atoms with Gasteiger partial charge in [0.1, 0.15) is 0 Å². The van der Waals surface area contributed by atoms with Crippen molar-refractivity contribution in [1.82, 2.24) is 5.48 Å². The molecule has 0 spiro atoms. The van der Waals surface area contributed by atoms with Crippen molar-refractivity contribution in [2.45, 2.75) is 13.8 Å². The molecule has 0 aromatic carbocycles. The first-order valence-electron chi connectivity index (χ1n) is 2.26. The summed E-state index contributed by atoms with van der Waals surface area (Å²) in [4.78, 5) is 10.2. The Labute approximate surface area is 48.0 Å². The lowest BCUT2D eigenvalue weighted by Crippen LogP contribution is -2.15. The van der Waals surface area contributed by atoms with Gasteiger partial charge in [-0.1, -0.05) is 5.57 Å². The molecule has 0 saturated carbocycles. The maximum Gasteiger partial charge on any atom is 0.267 e. The summed E-state index contributed by atoms with van der Waals surface area (Å²) in [6.45, 7) is 3.55. The first-order chi connectivity index (χ1) is 3.66. The van der Waals surface area contributed by atoms with E-state index in [2.05, 4.69) is 0 Å². The van der Waals surface area contributed by atoms with Crippen molar-refractivity contribution in [3.63, 3.8) is 0 Å². The summed E-state index contributed by atoms with van der Waals surface area (Å²) in [5.74, 6) is -0.481. The Morgan fingerprint density at radius 2 is 2.12 bits per heavy atom. The van der Waals surface area contributed by atoms with E-state index in [1.165, 1.54) is 11.6 Å². The van der Waals surface area contributed by atoms with Gasteiger partial charge in [0.2, 0.25) is 0 Å². The summed E-state index contributed by atoms with van der Waals surface area (Å²) < 4.78 is 0. The third kappa shape index (κ3) is 3.36. The van der Waals surface area contributed by atoms with Crippen LogP contribution in [-0.4, -0.2) is 11.1 Å². The van der Waals surface area contributed by atoms with Gasteiger partial charge < -0.3 is 0 Å². The molecule has 0 aliphatic rings. The van der Waals surface area contributed by atoms with Crippen LogP contribution in [0, 0.1) is 0 Å². The minimum atomic E-state index is -0.481. The van der Waals surface area contributed by atoms with Gasteiger partial charge in [-0.3, -0.25) is 10.0 Å². The third-order valence-electron chi connectivity index (χ3n) is 0.530. The van der Waals surface area contributed by atoms with Crippen molar-refractivity contribution >= 4 is 5.91 Å². The molecule has 46 valence electrons. The second kappa shape index (κ2) is 3.21. The Morgan fingerprint density at radius 1 is 1.62 bits per heavy atom. The molecule has 0 atom stereocenters. The number of nitrogens with one attached hydrogen (secondary N) is 1. The number of hydroxylamine groups is 1. The van der Waals surface area contributed by atoms with E-state index in [1.807, 2.05) is 0 Å². The van der Waals surface area contributed by atoms with E-state index in [0.29, 0.717) is 0 Å². The molecule has 0 heterocycles. The fourth-order valence-electron chi connectivity index (χ4n) is 0.294. The SMILES string of the molecule is CC(C)=CC(=O)NO. The van der Waals surface area contributed by atoms with E-state index in [0.717, 1.165) is 5.57 Å². The van der Waals surface area contributed by atoms with Crippen molar-refractivity contribution < 1.29 is 10.0 Å². The monoisotopic (exact) mass is 115 g/mol. The number of carbonyl (C=O) groups is 1. The normalized spacial score (nSPS) is 7.88. The number of allylic oxidation sites excluding steroid dienone is 1. The van der Waals surface area contributed by atoms with Gasteiger partial charge in [0.15, 0.2) is 0 Å². The standard InChI is InChI=1S/C5H9NO2/c1-4(2)3-5(7)6-8/h3,8H,1-2H3,(H,6,7). The molecule has 0 radical (unpaired) electrons. The van der Waals surface area contributed by atoms with Crippen molar-refractivity contribution in [3.8, 4) is 0 Å². The average Bonchev–Trinajstić information content (AvgIpc) is 1.65. The summed E-state index contributed by atoms with van der Waals surface area (Å²) in [5.41, 5.74) is 2.34. The predicted octanol–water partition coefficient (Wildman–Crippen LogP) is 0.458. The maximum absolute atomic E-state index is 10.2. The van der Waals surface area contributed by atoms with Gasteiger partial charge in [0, 0.05) is 6.08 Å². The quantitative estimate of drug-likeness (QED) is 0.296. The molecule has 0 aromatic rings. The summed E-state index contributed by atoms with van der Waals surface area (Å²) >= 11 is 0. The van der Waals surface area contributed by atoms with Crippen LogP contribution in [0.25, 0.3) is 0 Å². The van der Waals surface area contributed by atoms with Crippen LogP contribution in [0.1, 0.15) is 13.8 Å². The molecular formula is C5H9NO2. The second-order valence-corrected chi connectivity index (χ2v) is 1.70. The lowest BCUT2D eigenvalue weighted by atomic mass is 10.3. The van der Waals surface area contributed by atoms with Crippen LogP contribution in [0.2, 0.25) is 0 Å². The zero-order chi connectivity index (χ0) is 6.57. The Kier molecular flexibility index (Phi) is 2.88. The van der Waals surface area contributed by atoms with Crippen LogP contribution < -0.4 is 5.48 Å². The molecule has 1 amide bonds. The smallest absolute Gasteiger partial charge is 0.267 e. The van der Waals surface area contributed by atoms with Crippen LogP contribution in [0.5, 0.6) is 0 Å². The molecule has 0 fully saturated rings. The lowest BCUT2D eigenvalue weighted by Gasteiger charge is -1.88. The Morgan fingerprint density at radius 3 is 2.25 bits per heavy atom. The molecule has 0 aromatic heterocycles. The average molecular weight is 115 g/mol. The number of rotatable bonds is 1. The first kappa shape index (κ1) is 7.17. The number of hydrogen-bond donors (Lipinski definition) is 2. The Hall–Kier alpha value is -0.830. The molecule has 0 bridgehead atoms. The molecule has 3 nitrogen and oxygen atoms in total. The van der Waals surface area contributed by atoms with E-state index >= 15 is 0 Å². The van der Waals surface area contributed by atoms with Crippen LogP contribution in [0.4, 0.5) is 0 Å². The fourth-order valence-corrected chi connectivity index (χ4v) is 0.294. The van der Waals surface area contributed by atoms with Gasteiger partial charge >= 0.3 is 0 Å². The van der Waals surface area contributed by atoms with E-state index in [-0.39, 0.29) is 0 Å². The molecule has 0 rings (SSSR count). The third-order valence-corrected chi connectivity index (χ3v) is 0.530. The largest absolute Gasteiger partial charge is 0.288 e. The highest BCUT2D eigenvalue weighted by atomic mass is 16.5. The van der Waals surface area contributed by atoms with E-state index in [9.17, 15) is 4.79 Å². The highest BCUT2D eigenvalue weighted by Crippen LogP contribution is 1.85. The van der Waals surface area contributed by atoms with Crippen LogP contribution in [0.15, 0.2) is 11.6 Å². The van der Waals surface area contributed by atoms with Crippen LogP contribution >= 0.6 is 0 Å². The van der Waals surface area contributed by atoms with Crippen molar-refractivity contribution in [2.75, 3.05) is 0 Å². The van der Waals surface area contributed by atoms with Crippen molar-refractivity contribution in [1.29, 1.82) is 0 Å². The highest BCUT2D eigenvalue weighted by Gasteiger charge is 1.88. The van der Waals surface area contributed by atoms with Gasteiger partial charge in [-0.2, -0.15) is 0 Å². The summed E-state index contributed by atoms with van der Waals surface area (Å²) in [7, 11) is 0. The minimum Gasteiger partial charge on any atom is -0.288 e. The molecule has 0 unspecified atom stereocenters. The molecule has 2 N–H and O–H groups in total. The molecule has 0 saturated heterocycles. The van der Waals surface area contributed by atoms with Gasteiger partial charge in [-0.25, -0.2) is 5.48 Å². The highest BCUT2D eigenvalue weighted by molar-refractivity contribution is 5.86. The van der Waals surface area contributed by atoms with Crippen molar-refractivity contribution in [2.24, 2.45) is 0 Å². The number of amides is 1. The van der Waals surface area contributed by atoms with Gasteiger partial charge in [0.25, 0.3) is 5.91 Å². The predicted molar refractivity (Wildman–Crippen MR) is 29.4 cm³/mol. The summed E-state index contributed by atoms with van der Waals surface area (Å²) in [5, 5.41) is 7.94. The maximum atomic E-state index is 10.2. The number of hydrogen-bond acceptors (Lipinski definition) is 2. The molecule has 0 aliphatic carbocycles. The molecular weight excluding hydrogens is 106 g/mol. The van der Waals surface area contributed by atoms with Gasteiger partial charge in [-0.05, 0) is 13.8 Å². The van der Waals surface area contributed by atoms with E-state index < -0.39 is 5.91 Å². The molecule has 0 aliphatic heterocycles. The lowest BCUT2D eigenvalue weighted by molar-refractivity contribution is -0.124. The van der Waals surface area contributed by atoms with Crippen molar-refractivity contribution in [3.05, 3.63) is 11.6 Å². The van der Waals surface area contributed by atoms with E-state index in [4.69, 9.17) is 5.21 Å². The Balaban J connectivity index is 3.70. The molecule has 3 heteroatoms. The zero-order valence-corrected chi connectivity index (χ0v) is 4.93. The summed E-state index contributed by atoms with van der Waals surface area (Å²) in [6, 6.07) is 0. The zero-order valence-electron chi connectivity index (χ0n) is 4.93. The topological polar surface area (TPSA) is 49.3 Å². The summed E-state index contributed by atoms with van der Waals surface area (Å²) in [6.07, 6.45) is 1.31. The fraction of sp³-hybridized carbons (Fsp3) is 0.400. The van der Waals surface area contributed by atoms with Gasteiger partial charge in [-0.15, -0.1) is 0 Å². The minimum absolute atomic E-state index is 0.481. The van der Waals surface area contributed by atoms with Crippen LogP contribution in [-0.2, 0) is 4.79 Å². The van der Waals surface area contributed by atoms with E-state index in [1.54, 1.807) is 13.8 Å². The van der Waals surface area contributed by atoms with Gasteiger partial charge in [0.05, 0.1) is 0 Å². The first-order valence-corrected chi connectivity index (χ1v) is 2.26.